The number of hydrogen-bond donors (Lipinski definition) is 1. The summed E-state index contributed by atoms with van der Waals surface area (Å²) in [6, 6.07) is 13.9. The van der Waals surface area contributed by atoms with E-state index in [1.165, 1.54) is 36.2 Å². The smallest absolute Gasteiger partial charge is 0.329 e. The molecule has 0 fully saturated rings. The topological polar surface area (TPSA) is 41.1 Å². The maximum absolute atomic E-state index is 13.4. The first-order chi connectivity index (χ1) is 12.3. The number of rotatable bonds is 4. The van der Waals surface area contributed by atoms with Gasteiger partial charge in [0.25, 0.3) is 0 Å². The lowest BCUT2D eigenvalue weighted by atomic mass is 10.2. The van der Waals surface area contributed by atoms with E-state index < -0.39 is 17.6 Å². The normalized spacial score (nSPS) is 11.3. The molecule has 0 aliphatic carbocycles. The van der Waals surface area contributed by atoms with E-state index in [4.69, 9.17) is 0 Å². The van der Waals surface area contributed by atoms with Gasteiger partial charge >= 0.3 is 6.18 Å². The molecule has 134 valence electrons. The number of alkyl halides is 3. The molecule has 0 spiro atoms. The van der Waals surface area contributed by atoms with Crippen LogP contribution in [0, 0.1) is 5.82 Å². The maximum atomic E-state index is 13.4. The fraction of sp³-hybridized carbons (Fsp3) is 0.111. The van der Waals surface area contributed by atoms with Gasteiger partial charge in [-0.1, -0.05) is 18.2 Å². The predicted molar refractivity (Wildman–Crippen MR) is 91.2 cm³/mol. The second kappa shape index (κ2) is 6.99. The molecule has 4 nitrogen and oxygen atoms in total. The van der Waals surface area contributed by atoms with Gasteiger partial charge in [0.2, 0.25) is 5.95 Å². The Morgan fingerprint density at radius 2 is 1.62 bits per heavy atom. The molecule has 0 bridgehead atoms. The van der Waals surface area contributed by atoms with Crippen molar-refractivity contribution in [3.63, 3.8) is 0 Å². The molecule has 0 aliphatic rings. The molecule has 0 aliphatic heterocycles. The van der Waals surface area contributed by atoms with Gasteiger partial charge in [0.15, 0.2) is 5.82 Å². The molecular formula is C18H14F4N4. The largest absolute Gasteiger partial charge is 0.421 e. The van der Waals surface area contributed by atoms with Crippen LogP contribution in [0.1, 0.15) is 5.56 Å². The van der Waals surface area contributed by atoms with Crippen LogP contribution >= 0.6 is 0 Å². The first-order valence-corrected chi connectivity index (χ1v) is 7.60. The summed E-state index contributed by atoms with van der Waals surface area (Å²) in [5.74, 6) is -0.737. The molecule has 0 atom stereocenters. The van der Waals surface area contributed by atoms with Gasteiger partial charge in [-0.15, -0.1) is 0 Å². The zero-order valence-corrected chi connectivity index (χ0v) is 13.6. The maximum Gasteiger partial charge on any atom is 0.421 e. The van der Waals surface area contributed by atoms with Gasteiger partial charge in [-0.05, 0) is 36.4 Å². The van der Waals surface area contributed by atoms with E-state index in [2.05, 4.69) is 15.3 Å². The Hall–Kier alpha value is -3.16. The Bertz CT molecular complexity index is 880. The summed E-state index contributed by atoms with van der Waals surface area (Å²) in [7, 11) is 1.49. The highest BCUT2D eigenvalue weighted by Gasteiger charge is 2.36. The third kappa shape index (κ3) is 3.90. The predicted octanol–water partition coefficient (Wildman–Crippen LogP) is 5.15. The van der Waals surface area contributed by atoms with Crippen molar-refractivity contribution in [2.45, 2.75) is 6.18 Å². The van der Waals surface area contributed by atoms with E-state index in [1.807, 2.05) is 0 Å². The molecule has 3 aromatic rings. The van der Waals surface area contributed by atoms with Crippen molar-refractivity contribution in [3.8, 4) is 0 Å². The van der Waals surface area contributed by atoms with Crippen molar-refractivity contribution >= 4 is 23.1 Å². The Morgan fingerprint density at radius 1 is 0.962 bits per heavy atom. The molecule has 1 aromatic heterocycles. The SMILES string of the molecule is CN(c1ccccc1)c1nc(Nc2ccc(F)cc2)ncc1C(F)(F)F. The van der Waals surface area contributed by atoms with E-state index >= 15 is 0 Å². The summed E-state index contributed by atoms with van der Waals surface area (Å²) in [4.78, 5) is 9.09. The fourth-order valence-corrected chi connectivity index (χ4v) is 2.32. The molecular weight excluding hydrogens is 348 g/mol. The molecule has 0 saturated heterocycles. The molecule has 26 heavy (non-hydrogen) atoms. The first-order valence-electron chi connectivity index (χ1n) is 7.60. The van der Waals surface area contributed by atoms with Crippen molar-refractivity contribution < 1.29 is 17.6 Å². The molecule has 0 saturated carbocycles. The standard InChI is InChI=1S/C18H14F4N4/c1-26(14-5-3-2-4-6-14)16-15(18(20,21)22)11-23-17(25-16)24-13-9-7-12(19)8-10-13/h2-11H,1H3,(H,23,24,25). The van der Waals surface area contributed by atoms with Crippen LogP contribution in [0.25, 0.3) is 0 Å². The number of nitrogens with zero attached hydrogens (tertiary/aromatic N) is 3. The third-order valence-electron chi connectivity index (χ3n) is 3.64. The summed E-state index contributed by atoms with van der Waals surface area (Å²) in [6.45, 7) is 0. The first kappa shape index (κ1) is 17.7. The number of anilines is 4. The summed E-state index contributed by atoms with van der Waals surface area (Å²) in [5, 5.41) is 2.77. The van der Waals surface area contributed by atoms with E-state index in [9.17, 15) is 17.6 Å². The number of para-hydroxylation sites is 1. The van der Waals surface area contributed by atoms with Gasteiger partial charge in [0, 0.05) is 24.6 Å². The summed E-state index contributed by atoms with van der Waals surface area (Å²) in [5.41, 5.74) is 0.0532. The molecule has 1 N–H and O–H groups in total. The number of aromatic nitrogens is 2. The van der Waals surface area contributed by atoms with Crippen LogP contribution in [0.15, 0.2) is 60.8 Å². The van der Waals surface area contributed by atoms with Gasteiger partial charge in [-0.3, -0.25) is 0 Å². The number of hydrogen-bond acceptors (Lipinski definition) is 4. The van der Waals surface area contributed by atoms with Crippen LogP contribution < -0.4 is 10.2 Å². The lowest BCUT2D eigenvalue weighted by Crippen LogP contribution is -2.19. The molecule has 0 unspecified atom stereocenters. The minimum Gasteiger partial charge on any atom is -0.329 e. The van der Waals surface area contributed by atoms with Crippen LogP contribution in [0.5, 0.6) is 0 Å². The van der Waals surface area contributed by atoms with Gasteiger partial charge in [0.1, 0.15) is 11.4 Å². The van der Waals surface area contributed by atoms with Crippen LogP contribution in [-0.4, -0.2) is 17.0 Å². The van der Waals surface area contributed by atoms with E-state index in [0.717, 1.165) is 6.20 Å². The Labute approximate surface area is 147 Å². The Morgan fingerprint density at radius 3 is 2.23 bits per heavy atom. The average Bonchev–Trinajstić information content (AvgIpc) is 2.63. The highest BCUT2D eigenvalue weighted by molar-refractivity contribution is 5.64. The Kier molecular flexibility index (Phi) is 4.75. The number of nitrogens with one attached hydrogen (secondary N) is 1. The third-order valence-corrected chi connectivity index (χ3v) is 3.64. The molecule has 2 aromatic carbocycles. The second-order valence-electron chi connectivity index (χ2n) is 5.46. The zero-order chi connectivity index (χ0) is 18.7. The van der Waals surface area contributed by atoms with Gasteiger partial charge in [0.05, 0.1) is 0 Å². The van der Waals surface area contributed by atoms with Gasteiger partial charge in [-0.25, -0.2) is 9.37 Å². The van der Waals surface area contributed by atoms with E-state index in [0.29, 0.717) is 11.4 Å². The molecule has 0 radical (unpaired) electrons. The van der Waals surface area contributed by atoms with Crippen molar-refractivity contribution in [2.24, 2.45) is 0 Å². The second-order valence-corrected chi connectivity index (χ2v) is 5.46. The highest BCUT2D eigenvalue weighted by Crippen LogP contribution is 2.37. The van der Waals surface area contributed by atoms with Crippen LogP contribution in [0.2, 0.25) is 0 Å². The highest BCUT2D eigenvalue weighted by atomic mass is 19.4. The van der Waals surface area contributed by atoms with Crippen molar-refractivity contribution in [1.82, 2.24) is 9.97 Å². The summed E-state index contributed by atoms with van der Waals surface area (Å²) >= 11 is 0. The lowest BCUT2D eigenvalue weighted by molar-refractivity contribution is -0.137. The molecule has 1 heterocycles. The van der Waals surface area contributed by atoms with Crippen molar-refractivity contribution in [2.75, 3.05) is 17.3 Å². The quantitative estimate of drug-likeness (QED) is 0.652. The molecule has 8 heteroatoms. The van der Waals surface area contributed by atoms with Crippen molar-refractivity contribution in [1.29, 1.82) is 0 Å². The Balaban J connectivity index is 2.00. The molecule has 3 rings (SSSR count). The van der Waals surface area contributed by atoms with Crippen LogP contribution in [0.3, 0.4) is 0 Å². The number of benzene rings is 2. The monoisotopic (exact) mass is 362 g/mol. The van der Waals surface area contributed by atoms with Crippen LogP contribution in [0.4, 0.5) is 40.7 Å². The average molecular weight is 362 g/mol. The molecule has 0 amide bonds. The van der Waals surface area contributed by atoms with Crippen LogP contribution in [-0.2, 0) is 6.18 Å². The lowest BCUT2D eigenvalue weighted by Gasteiger charge is -2.22. The minimum absolute atomic E-state index is 0.0256. The zero-order valence-electron chi connectivity index (χ0n) is 13.6. The fourth-order valence-electron chi connectivity index (χ4n) is 2.32. The van der Waals surface area contributed by atoms with Gasteiger partial charge < -0.3 is 10.2 Å². The summed E-state index contributed by atoms with van der Waals surface area (Å²) in [6.07, 6.45) is -3.87. The minimum atomic E-state index is -4.60. The number of halogens is 4. The van der Waals surface area contributed by atoms with Crippen molar-refractivity contribution in [3.05, 3.63) is 72.2 Å². The van der Waals surface area contributed by atoms with Gasteiger partial charge in [-0.2, -0.15) is 18.2 Å². The summed E-state index contributed by atoms with van der Waals surface area (Å²) < 4.78 is 53.1. The van der Waals surface area contributed by atoms with E-state index in [1.54, 1.807) is 30.3 Å². The van der Waals surface area contributed by atoms with E-state index in [-0.39, 0.29) is 11.8 Å².